The average Bonchev–Trinajstić information content (AvgIpc) is 2.36. The van der Waals surface area contributed by atoms with Crippen LogP contribution < -0.4 is 11.1 Å². The summed E-state index contributed by atoms with van der Waals surface area (Å²) >= 11 is 1.55. The fraction of sp³-hybridized carbons (Fsp3) is 0.286. The van der Waals surface area contributed by atoms with Gasteiger partial charge in [-0.2, -0.15) is 0 Å². The van der Waals surface area contributed by atoms with Crippen molar-refractivity contribution < 1.29 is 0 Å². The summed E-state index contributed by atoms with van der Waals surface area (Å²) in [5, 5.41) is 4.00. The lowest BCUT2D eigenvalue weighted by Crippen LogP contribution is -2.13. The number of hydrogen-bond donors (Lipinski definition) is 2. The molecule has 3 N–H and O–H groups in total. The van der Waals surface area contributed by atoms with Gasteiger partial charge in [0.05, 0.1) is 0 Å². The van der Waals surface area contributed by atoms with Crippen LogP contribution in [0.25, 0.3) is 0 Å². The number of nitrogen functional groups attached to an aromatic ring is 1. The predicted octanol–water partition coefficient (Wildman–Crippen LogP) is 3.34. The molecule has 0 bridgehead atoms. The third-order valence-electron chi connectivity index (χ3n) is 2.51. The van der Waals surface area contributed by atoms with Crippen LogP contribution in [0.15, 0.2) is 40.5 Å². The second-order valence-electron chi connectivity index (χ2n) is 4.66. The number of rotatable bonds is 4. The zero-order valence-electron chi connectivity index (χ0n) is 11.3. The fourth-order valence-corrected chi connectivity index (χ4v) is 2.37. The first kappa shape index (κ1) is 13.7. The van der Waals surface area contributed by atoms with Crippen LogP contribution >= 0.6 is 11.8 Å². The molecular weight excluding hydrogens is 256 g/mol. The highest BCUT2D eigenvalue weighted by atomic mass is 32.2. The molecule has 0 aliphatic carbocycles. The maximum atomic E-state index is 6.10. The van der Waals surface area contributed by atoms with E-state index in [1.54, 1.807) is 11.8 Å². The smallest absolute Gasteiger partial charge is 0.154 e. The number of benzene rings is 1. The van der Waals surface area contributed by atoms with Gasteiger partial charge in [-0.1, -0.05) is 29.5 Å². The molecule has 0 amide bonds. The molecule has 4 nitrogen and oxygen atoms in total. The molecule has 100 valence electrons. The molecule has 2 rings (SSSR count). The van der Waals surface area contributed by atoms with Gasteiger partial charge in [-0.15, -0.1) is 0 Å². The summed E-state index contributed by atoms with van der Waals surface area (Å²) in [5.41, 5.74) is 7.94. The Hall–Kier alpha value is -1.75. The number of nitrogens with one attached hydrogen (secondary N) is 1. The summed E-state index contributed by atoms with van der Waals surface area (Å²) in [7, 11) is 0. The Balaban J connectivity index is 2.23. The van der Waals surface area contributed by atoms with E-state index in [0.29, 0.717) is 11.5 Å². The van der Waals surface area contributed by atoms with Crippen molar-refractivity contribution in [1.29, 1.82) is 0 Å². The van der Waals surface area contributed by atoms with E-state index in [0.717, 1.165) is 9.92 Å². The SMILES string of the molecule is Cc1ccc(Sc2ncnc(NC(C)C)c2N)cc1. The lowest BCUT2D eigenvalue weighted by atomic mass is 10.2. The van der Waals surface area contributed by atoms with E-state index in [1.807, 2.05) is 13.8 Å². The van der Waals surface area contributed by atoms with Crippen molar-refractivity contribution in [1.82, 2.24) is 9.97 Å². The molecule has 0 radical (unpaired) electrons. The van der Waals surface area contributed by atoms with E-state index in [4.69, 9.17) is 5.73 Å². The quantitative estimate of drug-likeness (QED) is 0.837. The Morgan fingerprint density at radius 3 is 2.47 bits per heavy atom. The van der Waals surface area contributed by atoms with Gasteiger partial charge in [0, 0.05) is 10.9 Å². The van der Waals surface area contributed by atoms with Crippen molar-refractivity contribution in [2.45, 2.75) is 36.7 Å². The zero-order chi connectivity index (χ0) is 13.8. The van der Waals surface area contributed by atoms with Crippen LogP contribution in [0, 0.1) is 6.92 Å². The number of anilines is 2. The standard InChI is InChI=1S/C14H18N4S/c1-9(2)18-13-12(15)14(17-8-16-13)19-11-6-4-10(3)5-7-11/h4-9H,15H2,1-3H3,(H,16,17,18). The average molecular weight is 274 g/mol. The predicted molar refractivity (Wildman–Crippen MR) is 80.5 cm³/mol. The van der Waals surface area contributed by atoms with Crippen molar-refractivity contribution in [2.75, 3.05) is 11.1 Å². The highest BCUT2D eigenvalue weighted by molar-refractivity contribution is 7.99. The Morgan fingerprint density at radius 2 is 1.84 bits per heavy atom. The van der Waals surface area contributed by atoms with E-state index in [2.05, 4.69) is 46.5 Å². The molecule has 0 fully saturated rings. The van der Waals surface area contributed by atoms with Crippen molar-refractivity contribution in [2.24, 2.45) is 0 Å². The van der Waals surface area contributed by atoms with Crippen LogP contribution in [-0.4, -0.2) is 16.0 Å². The summed E-state index contributed by atoms with van der Waals surface area (Å²) < 4.78 is 0. The largest absolute Gasteiger partial charge is 0.394 e. The third kappa shape index (κ3) is 3.61. The maximum Gasteiger partial charge on any atom is 0.154 e. The normalized spacial score (nSPS) is 10.7. The first-order chi connectivity index (χ1) is 9.06. The topological polar surface area (TPSA) is 63.8 Å². The Labute approximate surface area is 117 Å². The van der Waals surface area contributed by atoms with Gasteiger partial charge in [-0.3, -0.25) is 0 Å². The van der Waals surface area contributed by atoms with Crippen LogP contribution in [-0.2, 0) is 0 Å². The molecule has 19 heavy (non-hydrogen) atoms. The first-order valence-electron chi connectivity index (χ1n) is 6.18. The first-order valence-corrected chi connectivity index (χ1v) is 6.99. The Bertz CT molecular complexity index is 552. The number of aromatic nitrogens is 2. The molecule has 1 aromatic carbocycles. The van der Waals surface area contributed by atoms with Gasteiger partial charge in [0.25, 0.3) is 0 Å². The van der Waals surface area contributed by atoms with Crippen molar-refractivity contribution in [3.05, 3.63) is 36.2 Å². The van der Waals surface area contributed by atoms with Crippen molar-refractivity contribution >= 4 is 23.3 Å². The molecular formula is C14H18N4S. The second-order valence-corrected chi connectivity index (χ2v) is 5.72. The van der Waals surface area contributed by atoms with Crippen LogP contribution in [0.4, 0.5) is 11.5 Å². The lowest BCUT2D eigenvalue weighted by Gasteiger charge is -2.13. The molecule has 0 saturated heterocycles. The van der Waals surface area contributed by atoms with Gasteiger partial charge < -0.3 is 11.1 Å². The summed E-state index contributed by atoms with van der Waals surface area (Å²) in [6, 6.07) is 8.57. The minimum Gasteiger partial charge on any atom is -0.394 e. The Morgan fingerprint density at radius 1 is 1.16 bits per heavy atom. The van der Waals surface area contributed by atoms with Crippen LogP contribution in [0.1, 0.15) is 19.4 Å². The van der Waals surface area contributed by atoms with E-state index < -0.39 is 0 Å². The zero-order valence-corrected chi connectivity index (χ0v) is 12.2. The van der Waals surface area contributed by atoms with Gasteiger partial charge >= 0.3 is 0 Å². The highest BCUT2D eigenvalue weighted by Gasteiger charge is 2.10. The summed E-state index contributed by atoms with van der Waals surface area (Å²) in [6.45, 7) is 6.17. The molecule has 1 aromatic heterocycles. The van der Waals surface area contributed by atoms with Crippen LogP contribution in [0.5, 0.6) is 0 Å². The molecule has 0 atom stereocenters. The lowest BCUT2D eigenvalue weighted by molar-refractivity contribution is 0.882. The molecule has 1 heterocycles. The summed E-state index contributed by atoms with van der Waals surface area (Å²) in [6.07, 6.45) is 1.54. The molecule has 0 aliphatic rings. The molecule has 0 unspecified atom stereocenters. The van der Waals surface area contributed by atoms with E-state index in [1.165, 1.54) is 11.9 Å². The number of nitrogens with zero attached hydrogens (tertiary/aromatic N) is 2. The molecule has 5 heteroatoms. The molecule has 0 aliphatic heterocycles. The van der Waals surface area contributed by atoms with E-state index in [-0.39, 0.29) is 6.04 Å². The van der Waals surface area contributed by atoms with Gasteiger partial charge in [-0.25, -0.2) is 9.97 Å². The van der Waals surface area contributed by atoms with Gasteiger partial charge in [0.2, 0.25) is 0 Å². The fourth-order valence-electron chi connectivity index (χ4n) is 1.57. The summed E-state index contributed by atoms with van der Waals surface area (Å²) in [5.74, 6) is 0.694. The van der Waals surface area contributed by atoms with Gasteiger partial charge in [0.15, 0.2) is 5.82 Å². The summed E-state index contributed by atoms with van der Waals surface area (Å²) in [4.78, 5) is 9.54. The molecule has 0 saturated carbocycles. The second kappa shape index (κ2) is 5.93. The van der Waals surface area contributed by atoms with Crippen LogP contribution in [0.3, 0.4) is 0 Å². The number of aryl methyl sites for hydroxylation is 1. The van der Waals surface area contributed by atoms with E-state index >= 15 is 0 Å². The van der Waals surface area contributed by atoms with Crippen molar-refractivity contribution in [3.8, 4) is 0 Å². The van der Waals surface area contributed by atoms with Gasteiger partial charge in [0.1, 0.15) is 17.0 Å². The molecule has 0 spiro atoms. The van der Waals surface area contributed by atoms with E-state index in [9.17, 15) is 0 Å². The third-order valence-corrected chi connectivity index (χ3v) is 3.53. The maximum absolute atomic E-state index is 6.10. The monoisotopic (exact) mass is 274 g/mol. The van der Waals surface area contributed by atoms with Crippen LogP contribution in [0.2, 0.25) is 0 Å². The van der Waals surface area contributed by atoms with Gasteiger partial charge in [-0.05, 0) is 32.9 Å². The number of nitrogens with two attached hydrogens (primary N) is 1. The highest BCUT2D eigenvalue weighted by Crippen LogP contribution is 2.33. The van der Waals surface area contributed by atoms with Crippen molar-refractivity contribution in [3.63, 3.8) is 0 Å². The number of hydrogen-bond acceptors (Lipinski definition) is 5. The minimum atomic E-state index is 0.287. The minimum absolute atomic E-state index is 0.287. The Kier molecular flexibility index (Phi) is 4.27. The molecule has 2 aromatic rings.